The van der Waals surface area contributed by atoms with Crippen molar-refractivity contribution in [1.29, 1.82) is 0 Å². The van der Waals surface area contributed by atoms with E-state index in [0.29, 0.717) is 22.8 Å². The van der Waals surface area contributed by atoms with Crippen LogP contribution in [0.4, 0.5) is 5.69 Å². The van der Waals surface area contributed by atoms with E-state index in [1.807, 2.05) is 0 Å². The number of thiophene rings is 1. The molecule has 1 aliphatic rings. The van der Waals surface area contributed by atoms with Crippen LogP contribution in [0, 0.1) is 6.92 Å². The summed E-state index contributed by atoms with van der Waals surface area (Å²) in [5.74, 6) is -0.359. The topological polar surface area (TPSA) is 122 Å². The van der Waals surface area contributed by atoms with Crippen molar-refractivity contribution < 1.29 is 22.5 Å². The smallest absolute Gasteiger partial charge is 0.270 e. The number of aromatic nitrogens is 2. The number of sulfonamides is 1. The first-order chi connectivity index (χ1) is 11.9. The Kier molecular flexibility index (Phi) is 4.86. The van der Waals surface area contributed by atoms with Crippen LogP contribution in [-0.2, 0) is 19.6 Å². The van der Waals surface area contributed by atoms with Gasteiger partial charge < -0.3 is 4.52 Å². The van der Waals surface area contributed by atoms with Crippen LogP contribution < -0.4 is 4.72 Å². The zero-order valence-corrected chi connectivity index (χ0v) is 15.0. The van der Waals surface area contributed by atoms with Gasteiger partial charge in [-0.15, -0.1) is 11.3 Å². The van der Waals surface area contributed by atoms with Crippen molar-refractivity contribution >= 4 is 38.9 Å². The maximum atomic E-state index is 12.3. The van der Waals surface area contributed by atoms with Crippen LogP contribution in [0.3, 0.4) is 0 Å². The first-order valence-corrected chi connectivity index (χ1v) is 10.1. The van der Waals surface area contributed by atoms with Crippen LogP contribution in [-0.4, -0.2) is 47.6 Å². The Morgan fingerprint density at radius 3 is 2.68 bits per heavy atom. The fourth-order valence-electron chi connectivity index (χ4n) is 2.42. The van der Waals surface area contributed by atoms with Gasteiger partial charge >= 0.3 is 0 Å². The molecule has 1 N–H and O–H groups in total. The number of carbonyl (C=O) groups excluding carboxylic acids is 2. The Balaban J connectivity index is 1.69. The van der Waals surface area contributed by atoms with Crippen molar-refractivity contribution in [2.45, 2.75) is 26.2 Å². The molecule has 0 spiro atoms. The molecule has 2 aromatic rings. The number of rotatable bonds is 6. The lowest BCUT2D eigenvalue weighted by Gasteiger charge is -2.24. The summed E-state index contributed by atoms with van der Waals surface area (Å²) in [7, 11) is -3.75. The number of anilines is 1. The maximum Gasteiger partial charge on any atom is 0.270 e. The molecule has 1 aliphatic heterocycles. The van der Waals surface area contributed by atoms with E-state index < -0.39 is 10.0 Å². The van der Waals surface area contributed by atoms with Crippen LogP contribution in [0.1, 0.15) is 25.1 Å². The summed E-state index contributed by atoms with van der Waals surface area (Å²) in [5.41, 5.74) is 0.324. The SMILES string of the molecule is Cc1noc(-c2sccc2NS(=O)(=O)CCN2C(=O)CCCC2=O)n1. The molecule has 0 aliphatic carbocycles. The van der Waals surface area contributed by atoms with E-state index in [9.17, 15) is 18.0 Å². The lowest BCUT2D eigenvalue weighted by Crippen LogP contribution is -2.43. The van der Waals surface area contributed by atoms with Crippen LogP contribution in [0.2, 0.25) is 0 Å². The minimum Gasteiger partial charge on any atom is -0.333 e. The highest BCUT2D eigenvalue weighted by atomic mass is 32.2. The number of hydrogen-bond acceptors (Lipinski definition) is 8. The highest BCUT2D eigenvalue weighted by Gasteiger charge is 2.27. The summed E-state index contributed by atoms with van der Waals surface area (Å²) in [5, 5.41) is 5.38. The molecule has 3 heterocycles. The number of aryl methyl sites for hydroxylation is 1. The quantitative estimate of drug-likeness (QED) is 0.747. The van der Waals surface area contributed by atoms with Gasteiger partial charge in [-0.1, -0.05) is 5.16 Å². The van der Waals surface area contributed by atoms with E-state index >= 15 is 0 Å². The summed E-state index contributed by atoms with van der Waals surface area (Å²) in [4.78, 5) is 29.1. The zero-order valence-electron chi connectivity index (χ0n) is 13.4. The molecule has 9 nitrogen and oxygen atoms in total. The number of nitrogens with one attached hydrogen (secondary N) is 1. The number of likely N-dealkylation sites (tertiary alicyclic amines) is 1. The largest absolute Gasteiger partial charge is 0.333 e. The van der Waals surface area contributed by atoms with Crippen LogP contribution in [0.5, 0.6) is 0 Å². The first kappa shape index (κ1) is 17.5. The van der Waals surface area contributed by atoms with E-state index in [2.05, 4.69) is 14.9 Å². The third-order valence-corrected chi connectivity index (χ3v) is 5.77. The molecule has 2 amide bonds. The molecule has 11 heteroatoms. The summed E-state index contributed by atoms with van der Waals surface area (Å²) < 4.78 is 32.2. The highest BCUT2D eigenvalue weighted by molar-refractivity contribution is 7.92. The first-order valence-electron chi connectivity index (χ1n) is 7.57. The van der Waals surface area contributed by atoms with Gasteiger partial charge in [0.1, 0.15) is 4.88 Å². The molecule has 134 valence electrons. The van der Waals surface area contributed by atoms with Gasteiger partial charge in [-0.25, -0.2) is 8.42 Å². The second-order valence-electron chi connectivity index (χ2n) is 5.52. The summed E-state index contributed by atoms with van der Waals surface area (Å²) >= 11 is 1.26. The van der Waals surface area contributed by atoms with Gasteiger partial charge in [0.05, 0.1) is 11.4 Å². The van der Waals surface area contributed by atoms with Crippen molar-refractivity contribution in [3.05, 3.63) is 17.3 Å². The molecular formula is C14H16N4O5S2. The fraction of sp³-hybridized carbons (Fsp3) is 0.429. The van der Waals surface area contributed by atoms with Gasteiger partial charge in [0.2, 0.25) is 21.8 Å². The average Bonchev–Trinajstić information content (AvgIpc) is 3.15. The van der Waals surface area contributed by atoms with E-state index in [1.165, 1.54) is 11.3 Å². The minimum absolute atomic E-state index is 0.161. The van der Waals surface area contributed by atoms with Crippen LogP contribution >= 0.6 is 11.3 Å². The maximum absolute atomic E-state index is 12.3. The van der Waals surface area contributed by atoms with Crippen molar-refractivity contribution in [3.8, 4) is 10.8 Å². The van der Waals surface area contributed by atoms with Gasteiger partial charge in [-0.2, -0.15) is 4.98 Å². The molecule has 2 aromatic heterocycles. The van der Waals surface area contributed by atoms with Crippen LogP contribution in [0.25, 0.3) is 10.8 Å². The van der Waals surface area contributed by atoms with Crippen molar-refractivity contribution in [2.24, 2.45) is 0 Å². The summed E-state index contributed by atoms with van der Waals surface area (Å²) in [6.45, 7) is 1.50. The Morgan fingerprint density at radius 2 is 2.04 bits per heavy atom. The summed E-state index contributed by atoms with van der Waals surface area (Å²) in [6.07, 6.45) is 1.05. The third-order valence-electron chi connectivity index (χ3n) is 3.62. The fourth-order valence-corrected chi connectivity index (χ4v) is 4.29. The van der Waals surface area contributed by atoms with Gasteiger partial charge in [0.15, 0.2) is 5.82 Å². The molecule has 0 aromatic carbocycles. The van der Waals surface area contributed by atoms with E-state index in [0.717, 1.165) is 4.90 Å². The highest BCUT2D eigenvalue weighted by Crippen LogP contribution is 2.33. The molecule has 25 heavy (non-hydrogen) atoms. The van der Waals surface area contributed by atoms with Crippen molar-refractivity contribution in [3.63, 3.8) is 0 Å². The molecule has 0 unspecified atom stereocenters. The van der Waals surface area contributed by atoms with Gasteiger partial charge in [0.25, 0.3) is 5.89 Å². The lowest BCUT2D eigenvalue weighted by molar-refractivity contribution is -0.147. The average molecular weight is 384 g/mol. The number of nitrogens with zero attached hydrogens (tertiary/aromatic N) is 3. The Hall–Kier alpha value is -2.27. The normalized spacial score (nSPS) is 15.6. The van der Waals surface area contributed by atoms with Gasteiger partial charge in [-0.3, -0.25) is 19.2 Å². The second-order valence-corrected chi connectivity index (χ2v) is 8.28. The van der Waals surface area contributed by atoms with E-state index in [4.69, 9.17) is 4.52 Å². The van der Waals surface area contributed by atoms with E-state index in [-0.39, 0.29) is 42.8 Å². The number of imide groups is 1. The summed E-state index contributed by atoms with van der Waals surface area (Å²) in [6, 6.07) is 1.59. The number of carbonyl (C=O) groups is 2. The third kappa shape index (κ3) is 4.04. The molecule has 1 saturated heterocycles. The van der Waals surface area contributed by atoms with Crippen LogP contribution in [0.15, 0.2) is 16.0 Å². The predicted molar refractivity (Wildman–Crippen MR) is 90.3 cm³/mol. The molecular weight excluding hydrogens is 368 g/mol. The molecule has 0 saturated carbocycles. The zero-order chi connectivity index (χ0) is 18.0. The monoisotopic (exact) mass is 384 g/mol. The Bertz CT molecular complexity index is 886. The number of amides is 2. The Labute approximate surface area is 148 Å². The predicted octanol–water partition coefficient (Wildman–Crippen LogP) is 1.39. The van der Waals surface area contributed by atoms with Gasteiger partial charge in [0, 0.05) is 19.4 Å². The van der Waals surface area contributed by atoms with Crippen molar-refractivity contribution in [2.75, 3.05) is 17.0 Å². The second kappa shape index (κ2) is 6.92. The molecule has 0 bridgehead atoms. The lowest BCUT2D eigenvalue weighted by atomic mass is 10.1. The Morgan fingerprint density at radius 1 is 1.32 bits per heavy atom. The number of piperidine rings is 1. The molecule has 3 rings (SSSR count). The molecule has 0 atom stereocenters. The standard InChI is InChI=1S/C14H16N4O5S2/c1-9-15-14(23-16-9)13-10(5-7-24-13)17-25(21,22)8-6-18-11(19)3-2-4-12(18)20/h5,7,17H,2-4,6,8H2,1H3. The molecule has 1 fully saturated rings. The van der Waals surface area contributed by atoms with Crippen molar-refractivity contribution in [1.82, 2.24) is 15.0 Å². The number of hydrogen-bond donors (Lipinski definition) is 1. The minimum atomic E-state index is -3.75. The van der Waals surface area contributed by atoms with Gasteiger partial charge in [-0.05, 0) is 24.8 Å². The molecule has 0 radical (unpaired) electrons. The van der Waals surface area contributed by atoms with E-state index in [1.54, 1.807) is 18.4 Å².